The van der Waals surface area contributed by atoms with Crippen molar-refractivity contribution in [3.8, 4) is 22.5 Å². The molecule has 2 aliphatic rings. The Labute approximate surface area is 281 Å². The molecule has 2 aromatic carbocycles. The highest BCUT2D eigenvalue weighted by Crippen LogP contribution is 2.49. The van der Waals surface area contributed by atoms with Gasteiger partial charge in [0.05, 0.1) is 17.8 Å². The summed E-state index contributed by atoms with van der Waals surface area (Å²) in [6, 6.07) is 6.82. The van der Waals surface area contributed by atoms with Gasteiger partial charge in [-0.05, 0) is 41.7 Å². The molecule has 1 saturated heterocycles. The summed E-state index contributed by atoms with van der Waals surface area (Å²) in [5.74, 6) is -2.88. The first-order valence-electron chi connectivity index (χ1n) is 14.8. The number of alkyl carbamates (subject to hydrolysis) is 1. The predicted molar refractivity (Wildman–Crippen MR) is 160 cm³/mol. The van der Waals surface area contributed by atoms with E-state index in [9.17, 15) is 45.1 Å². The highest BCUT2D eigenvalue weighted by Gasteiger charge is 2.64. The van der Waals surface area contributed by atoms with Gasteiger partial charge in [0.2, 0.25) is 5.91 Å². The summed E-state index contributed by atoms with van der Waals surface area (Å²) < 4.78 is 99.8. The van der Waals surface area contributed by atoms with Crippen LogP contribution in [0.3, 0.4) is 0 Å². The molecule has 2 aromatic heterocycles. The van der Waals surface area contributed by atoms with E-state index in [1.165, 1.54) is 36.5 Å². The lowest BCUT2D eigenvalue weighted by Gasteiger charge is -2.28. The smallest absolute Gasteiger partial charge is 0.411 e. The molecule has 51 heavy (non-hydrogen) atoms. The summed E-state index contributed by atoms with van der Waals surface area (Å²) in [5, 5.41) is 20.2. The Balaban J connectivity index is 1.33. The molecular weight excluding hydrogens is 697 g/mol. The number of ether oxygens (including phenoxy) is 1. The molecule has 2 atom stereocenters. The Morgan fingerprint density at radius 1 is 1.06 bits per heavy atom. The molecule has 2 fully saturated rings. The number of guanidine groups is 1. The van der Waals surface area contributed by atoms with Crippen LogP contribution in [-0.2, 0) is 9.53 Å². The highest BCUT2D eigenvalue weighted by molar-refractivity contribution is 6.06. The number of benzene rings is 2. The number of halogens is 7. The lowest BCUT2D eigenvalue weighted by Crippen LogP contribution is -2.48. The fraction of sp³-hybridized carbons (Fsp3) is 0.300. The van der Waals surface area contributed by atoms with Gasteiger partial charge in [0.25, 0.3) is 5.91 Å². The fourth-order valence-corrected chi connectivity index (χ4v) is 5.58. The summed E-state index contributed by atoms with van der Waals surface area (Å²) in [6.45, 7) is -6.90. The SMILES string of the molecule is N=C1N[C@H](c2ccc(-c3cnn(C(F)F)c3)cc2)C(=O)N1[C@H](COC(=O)NC1(C(F)(F)F)CC1)c1ccc(C(N)=O)c(-c2ncnn2C(F)F)c1. The first-order chi connectivity index (χ1) is 24.1. The summed E-state index contributed by atoms with van der Waals surface area (Å²) in [6.07, 6.45) is -3.87. The van der Waals surface area contributed by atoms with Gasteiger partial charge in [0, 0.05) is 17.3 Å². The number of rotatable bonds is 11. The van der Waals surface area contributed by atoms with Gasteiger partial charge in [-0.25, -0.2) is 14.5 Å². The fourth-order valence-electron chi connectivity index (χ4n) is 5.58. The van der Waals surface area contributed by atoms with Crippen LogP contribution >= 0.6 is 0 Å². The number of hydrogen-bond acceptors (Lipinski definition) is 8. The number of carbonyl (C=O) groups is 3. The lowest BCUT2D eigenvalue weighted by molar-refractivity contribution is -0.164. The Bertz CT molecular complexity index is 1990. The molecule has 4 aromatic rings. The van der Waals surface area contributed by atoms with E-state index in [1.807, 2.05) is 0 Å². The topological polar surface area (TPSA) is 186 Å². The molecule has 1 aliphatic carbocycles. The van der Waals surface area contributed by atoms with Crippen molar-refractivity contribution >= 4 is 23.9 Å². The number of nitrogens with zero attached hydrogens (tertiary/aromatic N) is 6. The van der Waals surface area contributed by atoms with E-state index in [0.717, 1.165) is 29.6 Å². The zero-order chi connectivity index (χ0) is 36.8. The molecule has 0 bridgehead atoms. The quantitative estimate of drug-likeness (QED) is 0.161. The van der Waals surface area contributed by atoms with Crippen molar-refractivity contribution in [1.82, 2.24) is 40.1 Å². The molecule has 21 heteroatoms. The number of amides is 3. The Hall–Kier alpha value is -6.02. The molecule has 1 saturated carbocycles. The summed E-state index contributed by atoms with van der Waals surface area (Å²) >= 11 is 0. The normalized spacial score (nSPS) is 17.5. The molecule has 0 radical (unpaired) electrons. The molecule has 3 heterocycles. The molecule has 0 unspecified atom stereocenters. The van der Waals surface area contributed by atoms with Gasteiger partial charge in [-0.1, -0.05) is 30.3 Å². The third kappa shape index (κ3) is 6.65. The molecule has 6 rings (SSSR count). The third-order valence-corrected chi connectivity index (χ3v) is 8.40. The Kier molecular flexibility index (Phi) is 8.89. The number of nitrogens with two attached hydrogens (primary N) is 1. The van der Waals surface area contributed by atoms with E-state index in [1.54, 1.807) is 5.32 Å². The van der Waals surface area contributed by atoms with Crippen LogP contribution in [0, 0.1) is 5.41 Å². The standard InChI is InChI=1S/C30H25F7N10O4/c31-25(32)45-11-17(10-41-45)14-1-3-15(4-2-14)21-24(49)46(27(39)43-21)20(12-51-28(50)44-29(7-8-29)30(35,36)37)16-5-6-18(22(38)48)19(9-16)23-40-13-42-47(23)26(33)34/h1-6,9-11,13,20-21,25-26H,7-8,12H2,(H2,38,48)(H2,39,43)(H,44,50)/t20-,21-/m1/s1. The summed E-state index contributed by atoms with van der Waals surface area (Å²) in [7, 11) is 0. The maximum absolute atomic E-state index is 13.9. The molecule has 268 valence electrons. The van der Waals surface area contributed by atoms with Crippen LogP contribution in [0.25, 0.3) is 22.5 Å². The van der Waals surface area contributed by atoms with Crippen molar-refractivity contribution in [1.29, 1.82) is 5.41 Å². The van der Waals surface area contributed by atoms with E-state index < -0.39 is 73.2 Å². The third-order valence-electron chi connectivity index (χ3n) is 8.40. The van der Waals surface area contributed by atoms with Crippen LogP contribution in [0.2, 0.25) is 0 Å². The van der Waals surface area contributed by atoms with Crippen LogP contribution < -0.4 is 16.4 Å². The maximum atomic E-state index is 13.9. The van der Waals surface area contributed by atoms with Crippen molar-refractivity contribution in [3.63, 3.8) is 0 Å². The number of aromatic nitrogens is 5. The molecule has 1 aliphatic heterocycles. The van der Waals surface area contributed by atoms with Gasteiger partial charge in [0.15, 0.2) is 11.8 Å². The van der Waals surface area contributed by atoms with E-state index in [-0.39, 0.29) is 34.2 Å². The van der Waals surface area contributed by atoms with E-state index in [0.29, 0.717) is 21.4 Å². The van der Waals surface area contributed by atoms with E-state index in [4.69, 9.17) is 15.9 Å². The van der Waals surface area contributed by atoms with E-state index >= 15 is 0 Å². The minimum atomic E-state index is -4.77. The minimum Gasteiger partial charge on any atom is -0.447 e. The predicted octanol–water partition coefficient (Wildman–Crippen LogP) is 4.67. The van der Waals surface area contributed by atoms with Crippen LogP contribution in [0.1, 0.15) is 59.5 Å². The van der Waals surface area contributed by atoms with Gasteiger partial charge in [-0.2, -0.15) is 45.6 Å². The molecule has 0 spiro atoms. The van der Waals surface area contributed by atoms with E-state index in [2.05, 4.69) is 20.5 Å². The first-order valence-corrected chi connectivity index (χ1v) is 14.8. The molecule has 14 nitrogen and oxygen atoms in total. The Morgan fingerprint density at radius 2 is 1.76 bits per heavy atom. The number of carbonyl (C=O) groups excluding carboxylic acids is 3. The second-order valence-electron chi connectivity index (χ2n) is 11.5. The van der Waals surface area contributed by atoms with Crippen molar-refractivity contribution < 1.29 is 49.9 Å². The van der Waals surface area contributed by atoms with Crippen LogP contribution in [-0.4, -0.2) is 71.6 Å². The second kappa shape index (κ2) is 13.0. The monoisotopic (exact) mass is 722 g/mol. The maximum Gasteiger partial charge on any atom is 0.411 e. The Morgan fingerprint density at radius 3 is 2.35 bits per heavy atom. The van der Waals surface area contributed by atoms with Gasteiger partial charge >= 0.3 is 25.4 Å². The second-order valence-corrected chi connectivity index (χ2v) is 11.5. The average Bonchev–Trinajstić information content (AvgIpc) is 3.39. The van der Waals surface area contributed by atoms with Crippen molar-refractivity contribution in [2.45, 2.75) is 49.7 Å². The molecule has 3 amide bonds. The van der Waals surface area contributed by atoms with Crippen LogP contribution in [0.5, 0.6) is 0 Å². The van der Waals surface area contributed by atoms with Crippen LogP contribution in [0.4, 0.5) is 35.5 Å². The van der Waals surface area contributed by atoms with Gasteiger partial charge in [-0.15, -0.1) is 0 Å². The lowest BCUT2D eigenvalue weighted by atomic mass is 9.97. The summed E-state index contributed by atoms with van der Waals surface area (Å²) in [5.41, 5.74) is 3.57. The van der Waals surface area contributed by atoms with Gasteiger partial charge in [0.1, 0.15) is 24.5 Å². The number of alkyl halides is 7. The van der Waals surface area contributed by atoms with Gasteiger partial charge < -0.3 is 21.1 Å². The van der Waals surface area contributed by atoms with Crippen molar-refractivity contribution in [3.05, 3.63) is 77.9 Å². The number of hydrogen-bond donors (Lipinski definition) is 4. The van der Waals surface area contributed by atoms with Crippen molar-refractivity contribution in [2.24, 2.45) is 5.73 Å². The summed E-state index contributed by atoms with van der Waals surface area (Å²) in [4.78, 5) is 43.5. The molecular formula is C30H25F7N10O4. The highest BCUT2D eigenvalue weighted by atomic mass is 19.4. The zero-order valence-corrected chi connectivity index (χ0v) is 25.7. The van der Waals surface area contributed by atoms with Gasteiger partial charge in [-0.3, -0.25) is 19.9 Å². The minimum absolute atomic E-state index is 0.0180. The number of nitrogens with one attached hydrogen (secondary N) is 3. The largest absolute Gasteiger partial charge is 0.447 e. The zero-order valence-electron chi connectivity index (χ0n) is 25.7. The number of primary amides is 1. The van der Waals surface area contributed by atoms with Crippen LogP contribution in [0.15, 0.2) is 61.2 Å². The molecule has 5 N–H and O–H groups in total. The first kappa shape index (κ1) is 34.8. The van der Waals surface area contributed by atoms with Crippen molar-refractivity contribution in [2.75, 3.05) is 6.61 Å². The average molecular weight is 723 g/mol.